The molecule has 15 aromatic carbocycles. The van der Waals surface area contributed by atoms with Crippen LogP contribution in [0.4, 0.5) is 0 Å². The Kier molecular flexibility index (Phi) is 24.9. The second-order valence-corrected chi connectivity index (χ2v) is 33.8. The summed E-state index contributed by atoms with van der Waals surface area (Å²) in [5, 5.41) is 4.65. The van der Waals surface area contributed by atoms with Gasteiger partial charge in [0.2, 0.25) is 0 Å². The van der Waals surface area contributed by atoms with E-state index in [9.17, 15) is 0 Å². The van der Waals surface area contributed by atoms with Crippen molar-refractivity contribution in [2.45, 2.75) is 0 Å². The van der Waals surface area contributed by atoms with Crippen molar-refractivity contribution in [3.8, 4) is 214 Å². The van der Waals surface area contributed by atoms with Gasteiger partial charge >= 0.3 is 0 Å². The van der Waals surface area contributed by atoms with Crippen molar-refractivity contribution >= 4 is 21.5 Å². The molecule has 24 rings (SSSR count). The van der Waals surface area contributed by atoms with Gasteiger partial charge in [-0.3, -0.25) is 19.9 Å². The molecule has 0 aliphatic rings. The van der Waals surface area contributed by atoms with E-state index >= 15 is 0 Å². The Morgan fingerprint density at radius 1 is 0.0929 bits per heavy atom. The van der Waals surface area contributed by atoms with Crippen LogP contribution in [0.2, 0.25) is 0 Å². The first-order valence-corrected chi connectivity index (χ1v) is 46.4. The zero-order valence-corrected chi connectivity index (χ0v) is 75.9. The Hall–Kier alpha value is -19.1. The highest BCUT2D eigenvalue weighted by molar-refractivity contribution is 5.90. The Labute approximate surface area is 811 Å². The molecule has 0 spiro atoms. The van der Waals surface area contributed by atoms with Crippen LogP contribution in [0.25, 0.3) is 236 Å². The average molecular weight is 1790 g/mol. The molecule has 9 heterocycles. The quantitative estimate of drug-likeness (QED) is 0.0751. The zero-order chi connectivity index (χ0) is 93.5. The average Bonchev–Trinajstić information content (AvgIpc) is 0.807. The first kappa shape index (κ1) is 86.3. The van der Waals surface area contributed by atoms with Crippen LogP contribution in [-0.2, 0) is 0 Å². The molecular weight excluding hydrogens is 1710 g/mol. The lowest BCUT2D eigenvalue weighted by atomic mass is 9.97. The van der Waals surface area contributed by atoms with Crippen LogP contribution in [0.1, 0.15) is 0 Å². The molecule has 0 radical (unpaired) electrons. The van der Waals surface area contributed by atoms with Gasteiger partial charge in [0.05, 0.1) is 56.9 Å². The Morgan fingerprint density at radius 3 is 0.514 bits per heavy atom. The molecule has 0 unspecified atom stereocenters. The van der Waals surface area contributed by atoms with Crippen LogP contribution in [0.3, 0.4) is 0 Å². The molecule has 658 valence electrons. The maximum Gasteiger partial charge on any atom is 0.164 e. The van der Waals surface area contributed by atoms with Gasteiger partial charge in [-0.1, -0.05) is 394 Å². The van der Waals surface area contributed by atoms with Crippen molar-refractivity contribution in [3.63, 3.8) is 0 Å². The molecule has 0 aliphatic heterocycles. The number of pyridine rings is 7. The molecule has 9 aromatic heterocycles. The van der Waals surface area contributed by atoms with E-state index in [-0.39, 0.29) is 0 Å². The first-order valence-electron chi connectivity index (χ1n) is 46.4. The minimum absolute atomic E-state index is 0.627. The molecule has 0 N–H and O–H groups in total. The highest BCUT2D eigenvalue weighted by Gasteiger charge is 2.21. The Bertz CT molecular complexity index is 7740. The van der Waals surface area contributed by atoms with Gasteiger partial charge in [-0.2, -0.15) is 0 Å². The molecule has 0 aliphatic carbocycles. The minimum atomic E-state index is 0.627. The number of nitrogens with zero attached hydrogens (tertiary/aromatic N) is 13. The standard InChI is InChI=1S/C46H30N4.C42H28N6.C39H27N3/c1-3-13-34(14-4-1)42-29-41(30-43(47-42)35-15-5-2-6-16-35)33-19-23-36(24-20-33)44-48-45(39-25-21-31-11-7-9-17-37(31)27-39)50-46(49-44)40-26-22-32-12-8-10-18-38(32)28-40;1-5-21-43-35(9-1)39-25-33(26-40(47-39)36-10-2-6-22-44-36)31-17-13-29(14-18-31)30-15-19-32(20-16-30)34-27-41(37-11-3-7-23-45-37)48-42(28-34)38-12-4-8-24-46-38;1-4-10-28(11-5-1)31-16-22-34(23-17-31)37-40-38(35-24-18-32(19-25-35)29-12-6-2-7-13-29)42-39(41-37)36-26-20-33(21-27-36)30-14-8-3-9-15-30/h1-30H;1-28H;1-27H. The second-order valence-electron chi connectivity index (χ2n) is 33.8. The lowest BCUT2D eigenvalue weighted by Crippen LogP contribution is -2.00. The van der Waals surface area contributed by atoms with Gasteiger partial charge in [-0.25, -0.2) is 44.9 Å². The SMILES string of the molecule is c1ccc(-c2cc(-c3ccc(-c4ccc(-c5cc(-c6ccccn6)nc(-c6ccccn6)c5)cc4)cc3)cc(-c3ccccn3)n2)nc1.c1ccc(-c2cc(-c3ccc(-c4nc(-c5ccc6ccccc6c5)nc(-c5ccc6ccccc6c5)n4)cc3)cc(-c3ccccc3)n2)cc1.c1ccc(-c2ccc(-c3nc(-c4ccc(-c5ccccc5)cc4)nc(-c4ccc(-c5ccccc5)cc4)n3)cc2)cc1. The van der Waals surface area contributed by atoms with Crippen molar-refractivity contribution < 1.29 is 0 Å². The van der Waals surface area contributed by atoms with Gasteiger partial charge in [0.1, 0.15) is 0 Å². The van der Waals surface area contributed by atoms with E-state index in [1.54, 1.807) is 24.8 Å². The summed E-state index contributed by atoms with van der Waals surface area (Å²) < 4.78 is 0. The molecule has 13 nitrogen and oxygen atoms in total. The number of aromatic nitrogens is 13. The summed E-state index contributed by atoms with van der Waals surface area (Å²) >= 11 is 0. The zero-order valence-electron chi connectivity index (χ0n) is 75.9. The van der Waals surface area contributed by atoms with Crippen LogP contribution in [0.15, 0.2) is 516 Å². The Morgan fingerprint density at radius 2 is 0.271 bits per heavy atom. The van der Waals surface area contributed by atoms with E-state index in [1.807, 2.05) is 127 Å². The van der Waals surface area contributed by atoms with Crippen LogP contribution in [0, 0.1) is 0 Å². The summed E-state index contributed by atoms with van der Waals surface area (Å²) in [6.45, 7) is 0. The molecule has 0 amide bonds. The van der Waals surface area contributed by atoms with Gasteiger partial charge in [-0.05, 0) is 196 Å². The molecule has 0 saturated heterocycles. The van der Waals surface area contributed by atoms with E-state index in [4.69, 9.17) is 44.9 Å². The molecule has 24 aromatic rings. The third kappa shape index (κ3) is 19.8. The fraction of sp³-hybridized carbons (Fsp3) is 0. The van der Waals surface area contributed by atoms with Crippen molar-refractivity contribution in [1.29, 1.82) is 0 Å². The van der Waals surface area contributed by atoms with E-state index < -0.39 is 0 Å². The summed E-state index contributed by atoms with van der Waals surface area (Å²) in [7, 11) is 0. The van der Waals surface area contributed by atoms with E-state index in [2.05, 4.69) is 384 Å². The van der Waals surface area contributed by atoms with Crippen LogP contribution in [0.5, 0.6) is 0 Å². The molecule has 0 atom stereocenters. The predicted molar refractivity (Wildman–Crippen MR) is 569 cm³/mol. The fourth-order valence-corrected chi connectivity index (χ4v) is 17.2. The highest BCUT2D eigenvalue weighted by Crippen LogP contribution is 2.39. The second kappa shape index (κ2) is 40.4. The van der Waals surface area contributed by atoms with Crippen molar-refractivity contribution in [2.75, 3.05) is 0 Å². The largest absolute Gasteiger partial charge is 0.255 e. The third-order valence-corrected chi connectivity index (χ3v) is 24.6. The summed E-state index contributed by atoms with van der Waals surface area (Å²) in [6.07, 6.45) is 7.16. The molecule has 0 bridgehead atoms. The monoisotopic (exact) mass is 1790 g/mol. The number of rotatable bonds is 19. The summed E-state index contributed by atoms with van der Waals surface area (Å²) in [5.74, 6) is 3.85. The van der Waals surface area contributed by atoms with Gasteiger partial charge in [0.15, 0.2) is 34.9 Å². The van der Waals surface area contributed by atoms with Crippen LogP contribution >= 0.6 is 0 Å². The van der Waals surface area contributed by atoms with Crippen LogP contribution < -0.4 is 0 Å². The fourth-order valence-electron chi connectivity index (χ4n) is 17.2. The van der Waals surface area contributed by atoms with Crippen molar-refractivity contribution in [1.82, 2.24) is 64.8 Å². The maximum absolute atomic E-state index is 5.05. The molecule has 13 heteroatoms. The summed E-state index contributed by atoms with van der Waals surface area (Å²) in [5.41, 5.74) is 31.9. The molecule has 0 saturated carbocycles. The number of fused-ring (bicyclic) bond motifs is 2. The normalized spacial score (nSPS) is 11.0. The van der Waals surface area contributed by atoms with E-state index in [0.29, 0.717) is 34.9 Å². The predicted octanol–water partition coefficient (Wildman–Crippen LogP) is 31.2. The Balaban J connectivity index is 0.000000121. The number of hydrogen-bond acceptors (Lipinski definition) is 13. The minimum Gasteiger partial charge on any atom is -0.255 e. The van der Waals surface area contributed by atoms with Gasteiger partial charge in [0.25, 0.3) is 0 Å². The first-order chi connectivity index (χ1) is 69.3. The van der Waals surface area contributed by atoms with E-state index in [1.165, 1.54) is 27.5 Å². The topological polar surface area (TPSA) is 168 Å². The van der Waals surface area contributed by atoms with Crippen molar-refractivity contribution in [3.05, 3.63) is 516 Å². The van der Waals surface area contributed by atoms with Crippen molar-refractivity contribution in [2.24, 2.45) is 0 Å². The maximum atomic E-state index is 5.05. The summed E-state index contributed by atoms with van der Waals surface area (Å²) in [6, 6.07) is 168. The lowest BCUT2D eigenvalue weighted by Gasteiger charge is -2.12. The number of benzene rings is 15. The smallest absolute Gasteiger partial charge is 0.164 e. The van der Waals surface area contributed by atoms with E-state index in [0.717, 1.165) is 173 Å². The lowest BCUT2D eigenvalue weighted by molar-refractivity contribution is 1.07. The number of hydrogen-bond donors (Lipinski definition) is 0. The molecule has 0 fully saturated rings. The van der Waals surface area contributed by atoms with Crippen LogP contribution in [-0.4, -0.2) is 64.8 Å². The molecular formula is C127H85N13. The summed E-state index contributed by atoms with van der Waals surface area (Å²) in [4.78, 5) is 63.0. The molecule has 140 heavy (non-hydrogen) atoms. The van der Waals surface area contributed by atoms with Gasteiger partial charge in [-0.15, -0.1) is 0 Å². The van der Waals surface area contributed by atoms with Gasteiger partial charge < -0.3 is 0 Å². The third-order valence-electron chi connectivity index (χ3n) is 24.6. The van der Waals surface area contributed by atoms with Gasteiger partial charge in [0, 0.05) is 69.3 Å². The highest BCUT2D eigenvalue weighted by atomic mass is 15.0.